The van der Waals surface area contributed by atoms with E-state index in [1.165, 1.54) is 12.3 Å². The second-order valence-corrected chi connectivity index (χ2v) is 6.31. The minimum absolute atomic E-state index is 0.0344. The van der Waals surface area contributed by atoms with Crippen LogP contribution in [0.5, 0.6) is 5.75 Å². The summed E-state index contributed by atoms with van der Waals surface area (Å²) in [7, 11) is -3.73. The van der Waals surface area contributed by atoms with Gasteiger partial charge in [-0.25, -0.2) is 4.83 Å². The highest BCUT2D eigenvalue weighted by molar-refractivity contribution is 7.89. The normalized spacial score (nSPS) is 11.7. The number of sulfonamides is 1. The second-order valence-electron chi connectivity index (χ2n) is 4.68. The fourth-order valence-electron chi connectivity index (χ4n) is 1.81. The van der Waals surface area contributed by atoms with Gasteiger partial charge in [0.25, 0.3) is 10.0 Å². The van der Waals surface area contributed by atoms with E-state index in [4.69, 9.17) is 0 Å². The van der Waals surface area contributed by atoms with Crippen molar-refractivity contribution in [1.82, 2.24) is 4.83 Å². The number of nitrogens with one attached hydrogen (secondary N) is 1. The van der Waals surface area contributed by atoms with Gasteiger partial charge in [0, 0.05) is 5.56 Å². The number of phenolic OH excluding ortho intramolecular Hbond substituents is 1. The summed E-state index contributed by atoms with van der Waals surface area (Å²) in [5, 5.41) is 13.3. The van der Waals surface area contributed by atoms with E-state index in [-0.39, 0.29) is 10.6 Å². The molecule has 0 atom stereocenters. The van der Waals surface area contributed by atoms with E-state index in [0.717, 1.165) is 5.56 Å². The van der Waals surface area contributed by atoms with Crippen molar-refractivity contribution in [2.75, 3.05) is 0 Å². The van der Waals surface area contributed by atoms with Crippen LogP contribution in [0.1, 0.15) is 16.7 Å². The van der Waals surface area contributed by atoms with Crippen LogP contribution in [-0.4, -0.2) is 19.7 Å². The van der Waals surface area contributed by atoms with Crippen LogP contribution in [-0.2, 0) is 10.0 Å². The predicted octanol–water partition coefficient (Wildman–Crippen LogP) is 2.32. The number of phenols is 1. The largest absolute Gasteiger partial charge is 0.507 e. The molecule has 0 aromatic heterocycles. The molecule has 5 nitrogen and oxygen atoms in total. The summed E-state index contributed by atoms with van der Waals surface area (Å²) >= 11 is 0. The van der Waals surface area contributed by atoms with E-state index >= 15 is 0 Å². The molecule has 0 saturated carbocycles. The Morgan fingerprint density at radius 1 is 1.14 bits per heavy atom. The zero-order valence-corrected chi connectivity index (χ0v) is 12.6. The van der Waals surface area contributed by atoms with Gasteiger partial charge in [-0.1, -0.05) is 24.3 Å². The van der Waals surface area contributed by atoms with E-state index in [1.807, 2.05) is 13.0 Å². The predicted molar refractivity (Wildman–Crippen MR) is 81.9 cm³/mol. The number of para-hydroxylation sites is 1. The molecule has 2 aromatic rings. The van der Waals surface area contributed by atoms with Gasteiger partial charge in [-0.15, -0.1) is 0 Å². The van der Waals surface area contributed by atoms with E-state index in [9.17, 15) is 13.5 Å². The Hall–Kier alpha value is -2.34. The average molecular weight is 304 g/mol. The van der Waals surface area contributed by atoms with Crippen molar-refractivity contribution < 1.29 is 13.5 Å². The zero-order valence-electron chi connectivity index (χ0n) is 11.7. The van der Waals surface area contributed by atoms with Crippen molar-refractivity contribution in [1.29, 1.82) is 0 Å². The standard InChI is InChI=1S/C15H16N2O3S/c1-11-7-8-12(2)15(9-11)21(19,20)17-16-10-13-5-3-4-6-14(13)18/h3-10,17-18H,1-2H3. The maximum absolute atomic E-state index is 12.2. The second kappa shape index (κ2) is 5.97. The van der Waals surface area contributed by atoms with Gasteiger partial charge >= 0.3 is 0 Å². The lowest BCUT2D eigenvalue weighted by molar-refractivity contribution is 0.474. The summed E-state index contributed by atoms with van der Waals surface area (Å²) in [6, 6.07) is 11.7. The van der Waals surface area contributed by atoms with Crippen LogP contribution < -0.4 is 4.83 Å². The van der Waals surface area contributed by atoms with Gasteiger partial charge in [0.1, 0.15) is 5.75 Å². The molecule has 0 aliphatic rings. The molecular weight excluding hydrogens is 288 g/mol. The highest BCUT2D eigenvalue weighted by Crippen LogP contribution is 2.17. The summed E-state index contributed by atoms with van der Waals surface area (Å²) < 4.78 is 24.4. The summed E-state index contributed by atoms with van der Waals surface area (Å²) in [5.74, 6) is 0.0344. The molecule has 6 heteroatoms. The fourth-order valence-corrected chi connectivity index (χ4v) is 2.93. The van der Waals surface area contributed by atoms with E-state index < -0.39 is 10.0 Å². The molecule has 0 unspecified atom stereocenters. The van der Waals surface area contributed by atoms with E-state index in [1.54, 1.807) is 37.3 Å². The molecule has 0 radical (unpaired) electrons. The van der Waals surface area contributed by atoms with Gasteiger partial charge in [0.05, 0.1) is 11.1 Å². The maximum Gasteiger partial charge on any atom is 0.276 e. The molecule has 0 saturated heterocycles. The highest BCUT2D eigenvalue weighted by Gasteiger charge is 2.15. The molecule has 0 aliphatic carbocycles. The van der Waals surface area contributed by atoms with Crippen LogP contribution in [0.15, 0.2) is 52.5 Å². The molecule has 2 N–H and O–H groups in total. The molecule has 0 spiro atoms. The summed E-state index contributed by atoms with van der Waals surface area (Å²) in [4.78, 5) is 2.34. The molecule has 21 heavy (non-hydrogen) atoms. The third-order valence-electron chi connectivity index (χ3n) is 2.95. The van der Waals surface area contributed by atoms with Gasteiger partial charge in [-0.05, 0) is 43.2 Å². The third kappa shape index (κ3) is 3.61. The van der Waals surface area contributed by atoms with E-state index in [0.29, 0.717) is 11.1 Å². The van der Waals surface area contributed by atoms with Crippen molar-refractivity contribution in [3.05, 3.63) is 59.2 Å². The topological polar surface area (TPSA) is 78.8 Å². The van der Waals surface area contributed by atoms with Gasteiger partial charge in [0.15, 0.2) is 0 Å². The van der Waals surface area contributed by atoms with Crippen molar-refractivity contribution in [3.8, 4) is 5.75 Å². The Morgan fingerprint density at radius 2 is 1.86 bits per heavy atom. The van der Waals surface area contributed by atoms with Crippen molar-refractivity contribution in [3.63, 3.8) is 0 Å². The minimum atomic E-state index is -3.73. The number of benzene rings is 2. The van der Waals surface area contributed by atoms with Crippen LogP contribution in [0.2, 0.25) is 0 Å². The number of aromatic hydroxyl groups is 1. The maximum atomic E-state index is 12.2. The van der Waals surface area contributed by atoms with Crippen molar-refractivity contribution in [2.45, 2.75) is 18.7 Å². The highest BCUT2D eigenvalue weighted by atomic mass is 32.2. The summed E-state index contributed by atoms with van der Waals surface area (Å²) in [6.07, 6.45) is 1.26. The first-order valence-electron chi connectivity index (χ1n) is 6.30. The minimum Gasteiger partial charge on any atom is -0.507 e. The number of hydrogen-bond donors (Lipinski definition) is 2. The number of rotatable bonds is 4. The Balaban J connectivity index is 2.23. The summed E-state index contributed by atoms with van der Waals surface area (Å²) in [5.41, 5.74) is 1.93. The Kier molecular flexibility index (Phi) is 4.28. The average Bonchev–Trinajstić information content (AvgIpc) is 2.43. The number of hydrazone groups is 1. The summed E-state index contributed by atoms with van der Waals surface area (Å²) in [6.45, 7) is 3.55. The fraction of sp³-hybridized carbons (Fsp3) is 0.133. The monoisotopic (exact) mass is 304 g/mol. The van der Waals surface area contributed by atoms with Crippen LogP contribution in [0, 0.1) is 13.8 Å². The number of hydrogen-bond acceptors (Lipinski definition) is 4. The van der Waals surface area contributed by atoms with Gasteiger partial charge in [-0.2, -0.15) is 13.5 Å². The molecule has 0 fully saturated rings. The molecule has 2 rings (SSSR count). The molecule has 110 valence electrons. The lowest BCUT2D eigenvalue weighted by Gasteiger charge is -2.07. The first-order chi connectivity index (χ1) is 9.90. The molecule has 0 bridgehead atoms. The van der Waals surface area contributed by atoms with Gasteiger partial charge in [0.2, 0.25) is 0 Å². The van der Waals surface area contributed by atoms with Crippen LogP contribution in [0.3, 0.4) is 0 Å². The molecule has 0 amide bonds. The van der Waals surface area contributed by atoms with Gasteiger partial charge in [-0.3, -0.25) is 0 Å². The van der Waals surface area contributed by atoms with E-state index in [2.05, 4.69) is 9.93 Å². The van der Waals surface area contributed by atoms with Crippen LogP contribution in [0.4, 0.5) is 0 Å². The van der Waals surface area contributed by atoms with Crippen LogP contribution >= 0.6 is 0 Å². The van der Waals surface area contributed by atoms with Crippen LogP contribution in [0.25, 0.3) is 0 Å². The third-order valence-corrected chi connectivity index (χ3v) is 4.31. The smallest absolute Gasteiger partial charge is 0.276 e. The molecule has 0 heterocycles. The SMILES string of the molecule is Cc1ccc(C)c(S(=O)(=O)NN=Cc2ccccc2O)c1. The van der Waals surface area contributed by atoms with Crippen molar-refractivity contribution in [2.24, 2.45) is 5.10 Å². The number of aryl methyl sites for hydroxylation is 2. The first-order valence-corrected chi connectivity index (χ1v) is 7.78. The Labute approximate surface area is 124 Å². The van der Waals surface area contributed by atoms with Gasteiger partial charge < -0.3 is 5.11 Å². The Morgan fingerprint density at radius 3 is 2.57 bits per heavy atom. The lowest BCUT2D eigenvalue weighted by atomic mass is 10.2. The zero-order chi connectivity index (χ0) is 15.5. The molecule has 2 aromatic carbocycles. The molecular formula is C15H16N2O3S. The first kappa shape index (κ1) is 15.1. The van der Waals surface area contributed by atoms with Crippen molar-refractivity contribution >= 4 is 16.2 Å². The quantitative estimate of drug-likeness (QED) is 0.672. The lowest BCUT2D eigenvalue weighted by Crippen LogP contribution is -2.19. The Bertz CT molecular complexity index is 783. The number of nitrogens with zero attached hydrogens (tertiary/aromatic N) is 1. The molecule has 0 aliphatic heterocycles.